The number of aromatic nitrogens is 2. The van der Waals surface area contributed by atoms with Gasteiger partial charge in [0.15, 0.2) is 5.82 Å². The molecule has 0 unspecified atom stereocenters. The summed E-state index contributed by atoms with van der Waals surface area (Å²) in [5, 5.41) is 15.3. The number of amides is 2. The quantitative estimate of drug-likeness (QED) is 0.832. The van der Waals surface area contributed by atoms with Crippen LogP contribution in [0, 0.1) is 18.3 Å². The summed E-state index contributed by atoms with van der Waals surface area (Å²) in [7, 11) is 0. The van der Waals surface area contributed by atoms with E-state index in [2.05, 4.69) is 15.5 Å². The summed E-state index contributed by atoms with van der Waals surface area (Å²) in [6.07, 6.45) is 1.61. The fourth-order valence-corrected chi connectivity index (χ4v) is 2.85. The highest BCUT2D eigenvalue weighted by Crippen LogP contribution is 2.25. The van der Waals surface area contributed by atoms with Gasteiger partial charge >= 0.3 is 11.8 Å². The summed E-state index contributed by atoms with van der Waals surface area (Å²) < 4.78 is 4.99. The maximum atomic E-state index is 12.4. The Kier molecular flexibility index (Phi) is 4.75. The van der Waals surface area contributed by atoms with Crippen LogP contribution in [-0.2, 0) is 9.59 Å². The summed E-state index contributed by atoms with van der Waals surface area (Å²) in [6.45, 7) is 2.60. The molecule has 2 amide bonds. The average molecular weight is 339 g/mol. The molecule has 1 saturated heterocycles. The van der Waals surface area contributed by atoms with Crippen LogP contribution in [0.4, 0.5) is 5.69 Å². The predicted molar refractivity (Wildman–Crippen MR) is 87.4 cm³/mol. The number of hydrogen-bond acceptors (Lipinski definition) is 6. The number of carbonyl (C=O) groups excluding carboxylic acids is 2. The van der Waals surface area contributed by atoms with Crippen LogP contribution in [0.1, 0.15) is 36.0 Å². The zero-order valence-electron chi connectivity index (χ0n) is 13.7. The lowest BCUT2D eigenvalue weighted by Crippen LogP contribution is -2.44. The number of benzene rings is 1. The van der Waals surface area contributed by atoms with E-state index in [0.29, 0.717) is 36.1 Å². The molecule has 1 aromatic carbocycles. The van der Waals surface area contributed by atoms with E-state index < -0.39 is 11.8 Å². The molecule has 1 aromatic heterocycles. The second-order valence-electron chi connectivity index (χ2n) is 5.91. The highest BCUT2D eigenvalue weighted by molar-refractivity contribution is 6.39. The lowest BCUT2D eigenvalue weighted by atomic mass is 9.97. The molecule has 0 bridgehead atoms. The Balaban J connectivity index is 1.65. The van der Waals surface area contributed by atoms with Gasteiger partial charge in [0, 0.05) is 31.6 Å². The molecule has 2 heterocycles. The number of likely N-dealkylation sites (tertiary alicyclic amines) is 1. The number of anilines is 1. The molecule has 0 saturated carbocycles. The van der Waals surface area contributed by atoms with Gasteiger partial charge in [-0.15, -0.1) is 0 Å². The predicted octanol–water partition coefficient (Wildman–Crippen LogP) is 1.59. The maximum Gasteiger partial charge on any atom is 0.313 e. The van der Waals surface area contributed by atoms with Crippen molar-refractivity contribution in [3.8, 4) is 6.07 Å². The van der Waals surface area contributed by atoms with E-state index in [0.717, 1.165) is 12.8 Å². The molecular formula is C17H17N5O3. The van der Waals surface area contributed by atoms with Crippen molar-refractivity contribution in [3.63, 3.8) is 0 Å². The number of nitrogens with one attached hydrogen (secondary N) is 1. The van der Waals surface area contributed by atoms with Crippen molar-refractivity contribution < 1.29 is 14.1 Å². The molecule has 25 heavy (non-hydrogen) atoms. The summed E-state index contributed by atoms with van der Waals surface area (Å²) >= 11 is 0. The van der Waals surface area contributed by atoms with Crippen LogP contribution in [0.2, 0.25) is 0 Å². The lowest BCUT2D eigenvalue weighted by molar-refractivity contribution is -0.144. The summed E-state index contributed by atoms with van der Waals surface area (Å²) in [5.41, 5.74) is 0.829. The molecule has 2 aromatic rings. The molecule has 0 spiro atoms. The number of nitriles is 1. The molecule has 0 radical (unpaired) electrons. The monoisotopic (exact) mass is 339 g/mol. The van der Waals surface area contributed by atoms with Crippen molar-refractivity contribution in [1.82, 2.24) is 15.0 Å². The molecule has 3 rings (SSSR count). The fraction of sp³-hybridized carbons (Fsp3) is 0.353. The third kappa shape index (κ3) is 3.83. The van der Waals surface area contributed by atoms with E-state index in [1.54, 1.807) is 25.1 Å². The maximum absolute atomic E-state index is 12.4. The first kappa shape index (κ1) is 16.6. The van der Waals surface area contributed by atoms with E-state index in [9.17, 15) is 9.59 Å². The SMILES string of the molecule is Cc1nc([C@@H]2CCCN(C(=O)C(=O)Nc3cccc(C#N)c3)C2)no1. The molecule has 1 fully saturated rings. The zero-order chi connectivity index (χ0) is 17.8. The third-order valence-electron chi connectivity index (χ3n) is 4.06. The van der Waals surface area contributed by atoms with Crippen LogP contribution in [-0.4, -0.2) is 39.9 Å². The Morgan fingerprint density at radius 2 is 2.28 bits per heavy atom. The minimum atomic E-state index is -0.722. The van der Waals surface area contributed by atoms with E-state index in [1.807, 2.05) is 6.07 Å². The first-order valence-corrected chi connectivity index (χ1v) is 7.97. The highest BCUT2D eigenvalue weighted by atomic mass is 16.5. The van der Waals surface area contributed by atoms with Gasteiger partial charge < -0.3 is 14.7 Å². The van der Waals surface area contributed by atoms with Gasteiger partial charge in [-0.05, 0) is 31.0 Å². The van der Waals surface area contributed by atoms with Crippen molar-refractivity contribution in [2.45, 2.75) is 25.7 Å². The van der Waals surface area contributed by atoms with E-state index >= 15 is 0 Å². The summed E-state index contributed by atoms with van der Waals surface area (Å²) in [5.74, 6) is -0.317. The largest absolute Gasteiger partial charge is 0.340 e. The third-order valence-corrected chi connectivity index (χ3v) is 4.06. The molecule has 128 valence electrons. The van der Waals surface area contributed by atoms with Crippen LogP contribution in [0.5, 0.6) is 0 Å². The van der Waals surface area contributed by atoms with Crippen LogP contribution >= 0.6 is 0 Å². The lowest BCUT2D eigenvalue weighted by Gasteiger charge is -2.30. The van der Waals surface area contributed by atoms with Gasteiger partial charge in [0.2, 0.25) is 5.89 Å². The van der Waals surface area contributed by atoms with Crippen molar-refractivity contribution in [2.75, 3.05) is 18.4 Å². The van der Waals surface area contributed by atoms with Crippen LogP contribution < -0.4 is 5.32 Å². The fourth-order valence-electron chi connectivity index (χ4n) is 2.85. The zero-order valence-corrected chi connectivity index (χ0v) is 13.7. The van der Waals surface area contributed by atoms with Gasteiger partial charge in [-0.2, -0.15) is 10.2 Å². The summed E-state index contributed by atoms with van der Waals surface area (Å²) in [6, 6.07) is 8.41. The second-order valence-corrected chi connectivity index (χ2v) is 5.91. The molecule has 1 aliphatic heterocycles. The van der Waals surface area contributed by atoms with E-state index in [-0.39, 0.29) is 5.92 Å². The molecule has 8 heteroatoms. The van der Waals surface area contributed by atoms with Gasteiger partial charge in [0.05, 0.1) is 11.6 Å². The number of carbonyl (C=O) groups is 2. The van der Waals surface area contributed by atoms with Gasteiger partial charge in [-0.3, -0.25) is 9.59 Å². The van der Waals surface area contributed by atoms with Crippen molar-refractivity contribution in [3.05, 3.63) is 41.5 Å². The minimum Gasteiger partial charge on any atom is -0.340 e. The van der Waals surface area contributed by atoms with Crippen molar-refractivity contribution >= 4 is 17.5 Å². The topological polar surface area (TPSA) is 112 Å². The molecule has 1 aliphatic rings. The average Bonchev–Trinajstić information content (AvgIpc) is 3.07. The van der Waals surface area contributed by atoms with Gasteiger partial charge in [0.1, 0.15) is 0 Å². The Morgan fingerprint density at radius 1 is 1.44 bits per heavy atom. The Bertz CT molecular complexity index is 839. The Hall–Kier alpha value is -3.21. The molecule has 0 aliphatic carbocycles. The van der Waals surface area contributed by atoms with Gasteiger partial charge in [-0.25, -0.2) is 0 Å². The van der Waals surface area contributed by atoms with Crippen LogP contribution in [0.3, 0.4) is 0 Å². The van der Waals surface area contributed by atoms with E-state index in [4.69, 9.17) is 9.78 Å². The Labute approximate surface area is 144 Å². The summed E-state index contributed by atoms with van der Waals surface area (Å²) in [4.78, 5) is 30.4. The number of nitrogens with zero attached hydrogens (tertiary/aromatic N) is 4. The second kappa shape index (κ2) is 7.13. The molecular weight excluding hydrogens is 322 g/mol. The van der Waals surface area contributed by atoms with Gasteiger partial charge in [0.25, 0.3) is 0 Å². The minimum absolute atomic E-state index is 0.0372. The molecule has 1 N–H and O–H groups in total. The first-order valence-electron chi connectivity index (χ1n) is 7.97. The normalized spacial score (nSPS) is 17.0. The smallest absolute Gasteiger partial charge is 0.313 e. The van der Waals surface area contributed by atoms with Crippen molar-refractivity contribution in [1.29, 1.82) is 5.26 Å². The van der Waals surface area contributed by atoms with E-state index in [1.165, 1.54) is 11.0 Å². The highest BCUT2D eigenvalue weighted by Gasteiger charge is 2.30. The Morgan fingerprint density at radius 3 is 3.00 bits per heavy atom. The molecule has 8 nitrogen and oxygen atoms in total. The molecule has 1 atom stereocenters. The standard InChI is InChI=1S/C17H17N5O3/c1-11-19-15(21-25-11)13-5-3-7-22(10-13)17(24)16(23)20-14-6-2-4-12(8-14)9-18/h2,4,6,8,13H,3,5,7,10H2,1H3,(H,20,23)/t13-/m1/s1. The van der Waals surface area contributed by atoms with Crippen molar-refractivity contribution in [2.24, 2.45) is 0 Å². The van der Waals surface area contributed by atoms with Gasteiger partial charge in [-0.1, -0.05) is 11.2 Å². The number of piperidine rings is 1. The number of rotatable bonds is 2. The first-order chi connectivity index (χ1) is 12.1. The number of hydrogen-bond donors (Lipinski definition) is 1. The number of aryl methyl sites for hydroxylation is 1. The van der Waals surface area contributed by atoms with Crippen LogP contribution in [0.25, 0.3) is 0 Å². The van der Waals surface area contributed by atoms with Crippen LogP contribution in [0.15, 0.2) is 28.8 Å².